The molecule has 0 saturated carbocycles. The molecule has 1 aliphatic rings. The number of carbonyl (C=O) groups is 1. The fraction of sp³-hybridized carbons (Fsp3) is 0.300. The lowest BCUT2D eigenvalue weighted by Gasteiger charge is -2.00. The van der Waals surface area contributed by atoms with Crippen molar-refractivity contribution in [2.45, 2.75) is 13.3 Å². The van der Waals surface area contributed by atoms with Gasteiger partial charge in [0.25, 0.3) is 0 Å². The van der Waals surface area contributed by atoms with Crippen LogP contribution in [0.15, 0.2) is 22.3 Å². The maximum atomic E-state index is 11.3. The van der Waals surface area contributed by atoms with Crippen LogP contribution < -0.4 is 0 Å². The van der Waals surface area contributed by atoms with Crippen molar-refractivity contribution >= 4 is 12.0 Å². The number of ether oxygens (including phenoxy) is 1. The van der Waals surface area contributed by atoms with Crippen molar-refractivity contribution in [3.63, 3.8) is 0 Å². The van der Waals surface area contributed by atoms with E-state index in [1.807, 2.05) is 12.1 Å². The molecular weight excluding hydrogens is 168 g/mol. The maximum Gasteiger partial charge on any atom is 0.334 e. The largest absolute Gasteiger partial charge is 0.468 e. The first-order valence-electron chi connectivity index (χ1n) is 4.25. The van der Waals surface area contributed by atoms with Crippen LogP contribution in [0.1, 0.15) is 18.2 Å². The van der Waals surface area contributed by atoms with E-state index in [1.54, 1.807) is 13.2 Å². The number of furan rings is 1. The summed E-state index contributed by atoms with van der Waals surface area (Å²) in [5.74, 6) is 0.608. The average Bonchev–Trinajstić information content (AvgIpc) is 2.61. The lowest BCUT2D eigenvalue weighted by atomic mass is 10.2. The smallest absolute Gasteiger partial charge is 0.334 e. The van der Waals surface area contributed by atoms with Crippen LogP contribution in [-0.2, 0) is 16.0 Å². The molecule has 0 atom stereocenters. The summed E-state index contributed by atoms with van der Waals surface area (Å²) in [7, 11) is 0. The first-order valence-corrected chi connectivity index (χ1v) is 4.25. The van der Waals surface area contributed by atoms with E-state index >= 15 is 0 Å². The van der Waals surface area contributed by atoms with E-state index in [9.17, 15) is 4.79 Å². The second-order valence-corrected chi connectivity index (χ2v) is 2.87. The Morgan fingerprint density at radius 1 is 1.69 bits per heavy atom. The monoisotopic (exact) mass is 178 g/mol. The molecule has 0 amide bonds. The Morgan fingerprint density at radius 3 is 3.23 bits per heavy atom. The highest BCUT2D eigenvalue weighted by Gasteiger charge is 2.21. The predicted molar refractivity (Wildman–Crippen MR) is 47.0 cm³/mol. The second-order valence-electron chi connectivity index (χ2n) is 2.87. The molecule has 2 rings (SSSR count). The van der Waals surface area contributed by atoms with Gasteiger partial charge >= 0.3 is 5.97 Å². The standard InChI is InChI=1S/C10H10O3/c1-2-12-10(11)8-5-7-3-4-13-9(7)6-8/h3-5H,2,6H2,1H3. The molecule has 0 N–H and O–H groups in total. The van der Waals surface area contributed by atoms with Crippen LogP contribution in [0, 0.1) is 0 Å². The van der Waals surface area contributed by atoms with Crippen LogP contribution in [0.4, 0.5) is 0 Å². The summed E-state index contributed by atoms with van der Waals surface area (Å²) in [6, 6.07) is 1.85. The van der Waals surface area contributed by atoms with Gasteiger partial charge in [-0.2, -0.15) is 0 Å². The van der Waals surface area contributed by atoms with Crippen molar-refractivity contribution in [3.8, 4) is 0 Å². The van der Waals surface area contributed by atoms with E-state index in [4.69, 9.17) is 9.15 Å². The molecule has 13 heavy (non-hydrogen) atoms. The lowest BCUT2D eigenvalue weighted by Crippen LogP contribution is -2.07. The molecular formula is C10H10O3. The van der Waals surface area contributed by atoms with E-state index in [1.165, 1.54) is 0 Å². The van der Waals surface area contributed by atoms with Crippen LogP contribution in [0.3, 0.4) is 0 Å². The van der Waals surface area contributed by atoms with E-state index < -0.39 is 0 Å². The lowest BCUT2D eigenvalue weighted by molar-refractivity contribution is -0.138. The number of fused-ring (bicyclic) bond motifs is 1. The summed E-state index contributed by atoms with van der Waals surface area (Å²) in [5, 5.41) is 0. The fourth-order valence-electron chi connectivity index (χ4n) is 1.39. The third-order valence-electron chi connectivity index (χ3n) is 2.00. The van der Waals surface area contributed by atoms with Crippen LogP contribution in [0.2, 0.25) is 0 Å². The molecule has 0 spiro atoms. The minimum absolute atomic E-state index is 0.242. The summed E-state index contributed by atoms with van der Waals surface area (Å²) in [6.07, 6.45) is 4.00. The normalized spacial score (nSPS) is 13.8. The zero-order chi connectivity index (χ0) is 9.26. The van der Waals surface area contributed by atoms with Crippen LogP contribution in [0.25, 0.3) is 6.08 Å². The summed E-state index contributed by atoms with van der Waals surface area (Å²) in [4.78, 5) is 11.3. The Balaban J connectivity index is 2.14. The first-order chi connectivity index (χ1) is 6.31. The van der Waals surface area contributed by atoms with Crippen LogP contribution in [0.5, 0.6) is 0 Å². The van der Waals surface area contributed by atoms with Gasteiger partial charge in [0.15, 0.2) is 0 Å². The molecule has 0 bridgehead atoms. The number of esters is 1. The van der Waals surface area contributed by atoms with Crippen molar-refractivity contribution < 1.29 is 13.9 Å². The third kappa shape index (κ3) is 1.37. The number of carbonyl (C=O) groups excluding carboxylic acids is 1. The quantitative estimate of drug-likeness (QED) is 0.648. The van der Waals surface area contributed by atoms with Gasteiger partial charge in [-0.15, -0.1) is 0 Å². The highest BCUT2D eigenvalue weighted by molar-refractivity contribution is 5.96. The van der Waals surface area contributed by atoms with Gasteiger partial charge in [0.1, 0.15) is 5.76 Å². The van der Waals surface area contributed by atoms with Gasteiger partial charge in [-0.1, -0.05) is 0 Å². The van der Waals surface area contributed by atoms with Gasteiger partial charge in [0.2, 0.25) is 0 Å². The van der Waals surface area contributed by atoms with E-state index in [0.29, 0.717) is 18.6 Å². The molecule has 68 valence electrons. The van der Waals surface area contributed by atoms with E-state index in [0.717, 1.165) is 11.3 Å². The van der Waals surface area contributed by atoms with Crippen molar-refractivity contribution in [1.29, 1.82) is 0 Å². The summed E-state index contributed by atoms with van der Waals surface area (Å²) in [6.45, 7) is 2.21. The van der Waals surface area contributed by atoms with Gasteiger partial charge < -0.3 is 9.15 Å². The average molecular weight is 178 g/mol. The fourth-order valence-corrected chi connectivity index (χ4v) is 1.39. The number of hydrogen-bond donors (Lipinski definition) is 0. The second kappa shape index (κ2) is 3.09. The van der Waals surface area contributed by atoms with E-state index in [-0.39, 0.29) is 5.97 Å². The molecule has 0 aliphatic heterocycles. The highest BCUT2D eigenvalue weighted by Crippen LogP contribution is 2.26. The third-order valence-corrected chi connectivity index (χ3v) is 2.00. The van der Waals surface area contributed by atoms with Gasteiger partial charge in [0.05, 0.1) is 12.9 Å². The summed E-state index contributed by atoms with van der Waals surface area (Å²) >= 11 is 0. The first kappa shape index (κ1) is 8.10. The summed E-state index contributed by atoms with van der Waals surface area (Å²) < 4.78 is 10.1. The van der Waals surface area contributed by atoms with Crippen molar-refractivity contribution in [3.05, 3.63) is 29.2 Å². The molecule has 0 unspecified atom stereocenters. The molecule has 1 aromatic heterocycles. The molecule has 0 aromatic carbocycles. The topological polar surface area (TPSA) is 39.4 Å². The minimum atomic E-state index is -0.242. The maximum absolute atomic E-state index is 11.3. The molecule has 1 heterocycles. The van der Waals surface area contributed by atoms with Gasteiger partial charge in [-0.3, -0.25) is 0 Å². The predicted octanol–water partition coefficient (Wildman–Crippen LogP) is 1.78. The van der Waals surface area contributed by atoms with Gasteiger partial charge in [0, 0.05) is 17.6 Å². The molecule has 0 fully saturated rings. The zero-order valence-electron chi connectivity index (χ0n) is 7.37. The SMILES string of the molecule is CCOC(=O)C1=Cc2ccoc2C1. The Kier molecular flexibility index (Phi) is 1.93. The molecule has 0 radical (unpaired) electrons. The molecule has 3 heteroatoms. The molecule has 1 aliphatic carbocycles. The molecule has 3 nitrogen and oxygen atoms in total. The minimum Gasteiger partial charge on any atom is -0.468 e. The Hall–Kier alpha value is -1.51. The Morgan fingerprint density at radius 2 is 2.54 bits per heavy atom. The van der Waals surface area contributed by atoms with Gasteiger partial charge in [-0.25, -0.2) is 4.79 Å². The molecule has 1 aromatic rings. The van der Waals surface area contributed by atoms with E-state index in [2.05, 4.69) is 0 Å². The molecule has 0 saturated heterocycles. The Labute approximate surface area is 76.0 Å². The van der Waals surface area contributed by atoms with Gasteiger partial charge in [-0.05, 0) is 19.1 Å². The summed E-state index contributed by atoms with van der Waals surface area (Å²) in [5.41, 5.74) is 1.67. The highest BCUT2D eigenvalue weighted by atomic mass is 16.5. The van der Waals surface area contributed by atoms with Crippen LogP contribution in [-0.4, -0.2) is 12.6 Å². The number of hydrogen-bond acceptors (Lipinski definition) is 3. The van der Waals surface area contributed by atoms with Crippen molar-refractivity contribution in [1.82, 2.24) is 0 Å². The zero-order valence-corrected chi connectivity index (χ0v) is 7.37. The van der Waals surface area contributed by atoms with Crippen molar-refractivity contribution in [2.24, 2.45) is 0 Å². The van der Waals surface area contributed by atoms with Crippen LogP contribution >= 0.6 is 0 Å². The number of rotatable bonds is 2. The van der Waals surface area contributed by atoms with Crippen molar-refractivity contribution in [2.75, 3.05) is 6.61 Å². The Bertz CT molecular complexity index is 360.